The van der Waals surface area contributed by atoms with Gasteiger partial charge in [0.1, 0.15) is 17.7 Å². The van der Waals surface area contributed by atoms with Crippen molar-refractivity contribution in [2.24, 2.45) is 11.5 Å². The predicted molar refractivity (Wildman–Crippen MR) is 42.5 cm³/mol. The summed E-state index contributed by atoms with van der Waals surface area (Å²) in [6, 6.07) is 1.53. The maximum atomic E-state index is 12.9. The fourth-order valence-corrected chi connectivity index (χ4v) is 0.907. The fraction of sp³-hybridized carbons (Fsp3) is 0.125. The molecule has 0 spiro atoms. The number of halogens is 2. The minimum atomic E-state index is -1.24. The summed E-state index contributed by atoms with van der Waals surface area (Å²) in [6.45, 7) is 0. The maximum absolute atomic E-state index is 12.9. The third kappa shape index (κ3) is 2.00. The van der Waals surface area contributed by atoms with Crippen LogP contribution in [0.5, 0.6) is 0 Å². The molecule has 1 aromatic rings. The molecule has 3 nitrogen and oxygen atoms in total. The van der Waals surface area contributed by atoms with Gasteiger partial charge in [0.05, 0.1) is 0 Å². The van der Waals surface area contributed by atoms with Crippen LogP contribution < -0.4 is 11.5 Å². The highest BCUT2D eigenvalue weighted by atomic mass is 19.1. The van der Waals surface area contributed by atoms with Crippen LogP contribution in [0.3, 0.4) is 0 Å². The van der Waals surface area contributed by atoms with Crippen LogP contribution in [0.4, 0.5) is 8.78 Å². The molecule has 0 fully saturated rings. The van der Waals surface area contributed by atoms with Crippen molar-refractivity contribution in [1.82, 2.24) is 0 Å². The molecule has 1 amide bonds. The highest BCUT2D eigenvalue weighted by Crippen LogP contribution is 2.15. The summed E-state index contributed by atoms with van der Waals surface area (Å²) in [5.74, 6) is -2.45. The molecule has 1 rings (SSSR count). The smallest absolute Gasteiger partial charge is 0.239 e. The number of carbonyl (C=O) groups excluding carboxylic acids is 1. The summed E-state index contributed by atoms with van der Waals surface area (Å²) < 4.78 is 25.3. The second kappa shape index (κ2) is 3.49. The van der Waals surface area contributed by atoms with Gasteiger partial charge in [0.25, 0.3) is 0 Å². The molecule has 4 N–H and O–H groups in total. The summed E-state index contributed by atoms with van der Waals surface area (Å²) in [6.07, 6.45) is 0. The van der Waals surface area contributed by atoms with Gasteiger partial charge < -0.3 is 11.5 Å². The first-order valence-corrected chi connectivity index (χ1v) is 3.52. The summed E-state index contributed by atoms with van der Waals surface area (Å²) in [7, 11) is 0. The number of amides is 1. The molecule has 0 bridgehead atoms. The van der Waals surface area contributed by atoms with Gasteiger partial charge in [0, 0.05) is 11.6 Å². The third-order valence-corrected chi connectivity index (χ3v) is 1.60. The van der Waals surface area contributed by atoms with Gasteiger partial charge in [-0.05, 0) is 6.07 Å². The largest absolute Gasteiger partial charge is 0.368 e. The average Bonchev–Trinajstić information content (AvgIpc) is 2.03. The van der Waals surface area contributed by atoms with Crippen molar-refractivity contribution in [3.63, 3.8) is 0 Å². The number of nitrogens with two attached hydrogens (primary N) is 2. The van der Waals surface area contributed by atoms with Crippen LogP contribution in [0.2, 0.25) is 0 Å². The van der Waals surface area contributed by atoms with Crippen molar-refractivity contribution < 1.29 is 13.6 Å². The van der Waals surface area contributed by atoms with Crippen molar-refractivity contribution in [3.05, 3.63) is 35.4 Å². The van der Waals surface area contributed by atoms with Gasteiger partial charge in [-0.3, -0.25) is 4.79 Å². The number of benzene rings is 1. The summed E-state index contributed by atoms with van der Waals surface area (Å²) in [4.78, 5) is 10.6. The van der Waals surface area contributed by atoms with E-state index in [4.69, 9.17) is 11.5 Å². The Morgan fingerprint density at radius 2 is 2.00 bits per heavy atom. The maximum Gasteiger partial charge on any atom is 0.239 e. The number of primary amides is 1. The van der Waals surface area contributed by atoms with Crippen LogP contribution >= 0.6 is 0 Å². The summed E-state index contributed by atoms with van der Waals surface area (Å²) >= 11 is 0. The molecule has 5 heteroatoms. The van der Waals surface area contributed by atoms with Gasteiger partial charge >= 0.3 is 0 Å². The number of hydrogen-bond acceptors (Lipinski definition) is 2. The summed E-state index contributed by atoms with van der Waals surface area (Å²) in [5, 5.41) is 0. The molecule has 0 aliphatic rings. The second-order valence-corrected chi connectivity index (χ2v) is 2.55. The molecule has 1 atom stereocenters. The zero-order valence-electron chi connectivity index (χ0n) is 6.63. The molecule has 0 heterocycles. The summed E-state index contributed by atoms with van der Waals surface area (Å²) in [5.41, 5.74) is 10.00. The van der Waals surface area contributed by atoms with Gasteiger partial charge in [-0.2, -0.15) is 0 Å². The van der Waals surface area contributed by atoms with E-state index in [1.165, 1.54) is 0 Å². The van der Waals surface area contributed by atoms with Gasteiger partial charge in [-0.25, -0.2) is 8.78 Å². The first-order chi connectivity index (χ1) is 6.02. The zero-order chi connectivity index (χ0) is 10.0. The molecular formula is C8H8F2N2O. The van der Waals surface area contributed by atoms with E-state index in [-0.39, 0.29) is 5.56 Å². The van der Waals surface area contributed by atoms with Crippen LogP contribution in [0.25, 0.3) is 0 Å². The van der Waals surface area contributed by atoms with Crippen LogP contribution in [0.15, 0.2) is 18.2 Å². The van der Waals surface area contributed by atoms with E-state index in [1.807, 2.05) is 0 Å². The van der Waals surface area contributed by atoms with E-state index in [1.54, 1.807) is 0 Å². The molecule has 1 aromatic carbocycles. The van der Waals surface area contributed by atoms with Crippen molar-refractivity contribution >= 4 is 5.91 Å². The van der Waals surface area contributed by atoms with Crippen molar-refractivity contribution in [3.8, 4) is 0 Å². The zero-order valence-corrected chi connectivity index (χ0v) is 6.63. The Morgan fingerprint density at radius 1 is 1.38 bits per heavy atom. The normalized spacial score (nSPS) is 12.5. The first-order valence-electron chi connectivity index (χ1n) is 3.52. The van der Waals surface area contributed by atoms with Crippen LogP contribution in [-0.4, -0.2) is 5.91 Å². The lowest BCUT2D eigenvalue weighted by atomic mass is 10.1. The first kappa shape index (κ1) is 9.60. The second-order valence-electron chi connectivity index (χ2n) is 2.55. The van der Waals surface area contributed by atoms with Gasteiger partial charge in [-0.15, -0.1) is 0 Å². The minimum absolute atomic E-state index is 0.103. The number of carbonyl (C=O) groups is 1. The van der Waals surface area contributed by atoms with Gasteiger partial charge in [-0.1, -0.05) is 6.07 Å². The Hall–Kier alpha value is -1.49. The van der Waals surface area contributed by atoms with Crippen molar-refractivity contribution in [2.45, 2.75) is 6.04 Å². The highest BCUT2D eigenvalue weighted by molar-refractivity contribution is 5.81. The molecule has 0 radical (unpaired) electrons. The van der Waals surface area contributed by atoms with Crippen molar-refractivity contribution in [2.75, 3.05) is 0 Å². The van der Waals surface area contributed by atoms with Crippen molar-refractivity contribution in [1.29, 1.82) is 0 Å². The Balaban J connectivity index is 3.08. The van der Waals surface area contributed by atoms with E-state index < -0.39 is 23.6 Å². The molecule has 0 saturated carbocycles. The minimum Gasteiger partial charge on any atom is -0.368 e. The standard InChI is InChI=1S/C8H8F2N2O/c9-4-1-2-5(6(10)3-4)7(11)8(12)13/h1-3,7H,11H2,(H2,12,13)/t7-/m1/s1. The SMILES string of the molecule is NC(=O)[C@H](N)c1ccc(F)cc1F. The molecule has 0 aromatic heterocycles. The van der Waals surface area contributed by atoms with E-state index in [9.17, 15) is 13.6 Å². The monoisotopic (exact) mass is 186 g/mol. The van der Waals surface area contributed by atoms with Gasteiger partial charge in [0.2, 0.25) is 5.91 Å². The quantitative estimate of drug-likeness (QED) is 0.704. The van der Waals surface area contributed by atoms with E-state index in [2.05, 4.69) is 0 Å². The predicted octanol–water partition coefficient (Wildman–Crippen LogP) is 0.450. The molecule has 0 unspecified atom stereocenters. The third-order valence-electron chi connectivity index (χ3n) is 1.60. The molecular weight excluding hydrogens is 178 g/mol. The average molecular weight is 186 g/mol. The van der Waals surface area contributed by atoms with Crippen LogP contribution in [0, 0.1) is 11.6 Å². The molecule has 0 aliphatic heterocycles. The fourth-order valence-electron chi connectivity index (χ4n) is 0.907. The lowest BCUT2D eigenvalue weighted by molar-refractivity contribution is -0.119. The molecule has 0 aliphatic carbocycles. The Labute approximate surface area is 73.3 Å². The Kier molecular flexibility index (Phi) is 2.57. The number of hydrogen-bond donors (Lipinski definition) is 2. The van der Waals surface area contributed by atoms with Gasteiger partial charge in [0.15, 0.2) is 0 Å². The Bertz CT molecular complexity index is 341. The molecule has 13 heavy (non-hydrogen) atoms. The van der Waals surface area contributed by atoms with E-state index in [0.29, 0.717) is 6.07 Å². The lowest BCUT2D eigenvalue weighted by Gasteiger charge is -2.08. The highest BCUT2D eigenvalue weighted by Gasteiger charge is 2.16. The van der Waals surface area contributed by atoms with Crippen LogP contribution in [-0.2, 0) is 4.79 Å². The molecule has 70 valence electrons. The Morgan fingerprint density at radius 3 is 2.46 bits per heavy atom. The molecule has 0 saturated heterocycles. The number of rotatable bonds is 2. The van der Waals surface area contributed by atoms with Crippen LogP contribution in [0.1, 0.15) is 11.6 Å². The lowest BCUT2D eigenvalue weighted by Crippen LogP contribution is -2.29. The van der Waals surface area contributed by atoms with E-state index in [0.717, 1.165) is 12.1 Å². The van der Waals surface area contributed by atoms with E-state index >= 15 is 0 Å². The topological polar surface area (TPSA) is 69.1 Å².